The molecule has 0 unspecified atom stereocenters. The largest absolute Gasteiger partial charge is 0.354 e. The Balaban J connectivity index is 0.00000144. The van der Waals surface area contributed by atoms with Gasteiger partial charge in [-0.15, -0.1) is 24.8 Å². The van der Waals surface area contributed by atoms with E-state index in [2.05, 4.69) is 22.4 Å². The minimum atomic E-state index is -0.529. The molecule has 1 aromatic carbocycles. The monoisotopic (exact) mass is 370 g/mol. The van der Waals surface area contributed by atoms with Gasteiger partial charge in [-0.1, -0.05) is 30.3 Å². The fraction of sp³-hybridized carbons (Fsp3) is 0.412. The van der Waals surface area contributed by atoms with Crippen LogP contribution in [-0.2, 0) is 17.8 Å². The van der Waals surface area contributed by atoms with Crippen molar-refractivity contribution in [2.45, 2.75) is 31.8 Å². The normalized spacial score (nSPS) is 14.2. The van der Waals surface area contributed by atoms with E-state index in [9.17, 15) is 4.79 Å². The highest BCUT2D eigenvalue weighted by Gasteiger charge is 2.23. The topological polar surface area (TPSA) is 72.9 Å². The lowest BCUT2D eigenvalue weighted by Gasteiger charge is -2.10. The molecule has 1 aliphatic rings. The fourth-order valence-electron chi connectivity index (χ4n) is 2.41. The minimum absolute atomic E-state index is 0. The van der Waals surface area contributed by atoms with E-state index < -0.39 is 6.04 Å². The highest BCUT2D eigenvalue weighted by Crippen LogP contribution is 2.27. The molecule has 1 amide bonds. The van der Waals surface area contributed by atoms with Crippen LogP contribution in [0.5, 0.6) is 0 Å². The number of halogens is 2. The minimum Gasteiger partial charge on any atom is -0.354 e. The van der Waals surface area contributed by atoms with Gasteiger partial charge < -0.3 is 15.6 Å². The van der Waals surface area contributed by atoms with Crippen LogP contribution in [0.1, 0.15) is 24.1 Å². The molecule has 1 saturated carbocycles. The molecule has 2 aromatic rings. The summed E-state index contributed by atoms with van der Waals surface area (Å²) in [6.07, 6.45) is 6.66. The predicted molar refractivity (Wildman–Crippen MR) is 99.7 cm³/mol. The van der Waals surface area contributed by atoms with Crippen LogP contribution in [0.15, 0.2) is 42.9 Å². The maximum absolute atomic E-state index is 11.9. The zero-order valence-corrected chi connectivity index (χ0v) is 15.1. The van der Waals surface area contributed by atoms with Gasteiger partial charge in [0.1, 0.15) is 0 Å². The quantitative estimate of drug-likeness (QED) is 0.784. The van der Waals surface area contributed by atoms with Crippen LogP contribution in [0.25, 0.3) is 0 Å². The summed E-state index contributed by atoms with van der Waals surface area (Å²) in [6, 6.07) is 9.68. The molecule has 132 valence electrons. The summed E-state index contributed by atoms with van der Waals surface area (Å²) in [6.45, 7) is 1.53. The molecule has 0 bridgehead atoms. The summed E-state index contributed by atoms with van der Waals surface area (Å²) in [7, 11) is 0. The number of carbonyl (C=O) groups excluding carboxylic acids is 1. The van der Waals surface area contributed by atoms with Crippen molar-refractivity contribution in [1.82, 2.24) is 14.9 Å². The van der Waals surface area contributed by atoms with Crippen molar-refractivity contribution in [2.75, 3.05) is 6.54 Å². The molecule has 0 aliphatic heterocycles. The molecule has 0 saturated heterocycles. The van der Waals surface area contributed by atoms with E-state index in [1.165, 1.54) is 18.4 Å². The highest BCUT2D eigenvalue weighted by molar-refractivity contribution is 5.85. The Hall–Kier alpha value is -1.56. The number of hydrogen-bond donors (Lipinski definition) is 2. The van der Waals surface area contributed by atoms with Crippen molar-refractivity contribution in [3.05, 3.63) is 54.1 Å². The summed E-state index contributed by atoms with van der Waals surface area (Å²) in [4.78, 5) is 16.3. The molecular formula is C17H24Cl2N4O. The molecule has 1 atom stereocenters. The van der Waals surface area contributed by atoms with Gasteiger partial charge in [0.25, 0.3) is 0 Å². The van der Waals surface area contributed by atoms with Gasteiger partial charge in [0.05, 0.1) is 18.1 Å². The smallest absolute Gasteiger partial charge is 0.237 e. The number of hydrogen-bond acceptors (Lipinski definition) is 3. The Labute approximate surface area is 154 Å². The van der Waals surface area contributed by atoms with Gasteiger partial charge in [-0.3, -0.25) is 4.79 Å². The summed E-state index contributed by atoms with van der Waals surface area (Å²) < 4.78 is 2.01. The molecule has 3 rings (SSSR count). The molecule has 1 fully saturated rings. The lowest BCUT2D eigenvalue weighted by Crippen LogP contribution is -2.42. The molecule has 5 nitrogen and oxygen atoms in total. The zero-order chi connectivity index (χ0) is 15.4. The van der Waals surface area contributed by atoms with E-state index in [1.54, 1.807) is 6.33 Å². The van der Waals surface area contributed by atoms with Crippen LogP contribution < -0.4 is 11.1 Å². The number of carbonyl (C=O) groups is 1. The van der Waals surface area contributed by atoms with Crippen molar-refractivity contribution in [2.24, 2.45) is 11.7 Å². The van der Waals surface area contributed by atoms with Gasteiger partial charge in [0.15, 0.2) is 0 Å². The first kappa shape index (κ1) is 20.5. The number of amides is 1. The number of aromatic nitrogens is 2. The van der Waals surface area contributed by atoms with Gasteiger partial charge >= 0.3 is 0 Å². The van der Waals surface area contributed by atoms with E-state index in [0.717, 1.165) is 18.8 Å². The SMILES string of the molecule is Cl.Cl.N[C@@H](Cc1cn(Cc2ccccc2)cn1)C(=O)NCC1CC1. The molecule has 0 spiro atoms. The van der Waals surface area contributed by atoms with Crippen molar-refractivity contribution >= 4 is 30.7 Å². The number of nitrogens with zero attached hydrogens (tertiary/aromatic N) is 2. The van der Waals surface area contributed by atoms with E-state index in [1.807, 2.05) is 29.0 Å². The summed E-state index contributed by atoms with van der Waals surface area (Å²) in [5, 5.41) is 2.91. The summed E-state index contributed by atoms with van der Waals surface area (Å²) >= 11 is 0. The number of rotatable bonds is 7. The first-order valence-corrected chi connectivity index (χ1v) is 7.78. The number of imidazole rings is 1. The average Bonchev–Trinajstić information content (AvgIpc) is 3.26. The molecule has 1 aliphatic carbocycles. The molecule has 0 radical (unpaired) electrons. The Kier molecular flexibility index (Phi) is 8.25. The van der Waals surface area contributed by atoms with Gasteiger partial charge in [0, 0.05) is 25.7 Å². The average molecular weight is 371 g/mol. The third-order valence-electron chi connectivity index (χ3n) is 3.92. The highest BCUT2D eigenvalue weighted by atomic mass is 35.5. The van der Waals surface area contributed by atoms with Crippen molar-refractivity contribution in [1.29, 1.82) is 0 Å². The van der Waals surface area contributed by atoms with Gasteiger partial charge in [-0.05, 0) is 24.3 Å². The second-order valence-electron chi connectivity index (χ2n) is 6.02. The summed E-state index contributed by atoms with van der Waals surface area (Å²) in [5.74, 6) is 0.589. The first-order valence-electron chi connectivity index (χ1n) is 7.78. The Bertz CT molecular complexity index is 629. The van der Waals surface area contributed by atoms with E-state index in [-0.39, 0.29) is 30.7 Å². The van der Waals surface area contributed by atoms with E-state index in [0.29, 0.717) is 12.3 Å². The molecule has 1 aromatic heterocycles. The number of nitrogens with two attached hydrogens (primary N) is 1. The maximum atomic E-state index is 11.9. The zero-order valence-electron chi connectivity index (χ0n) is 13.4. The Morgan fingerprint density at radius 3 is 2.67 bits per heavy atom. The lowest BCUT2D eigenvalue weighted by atomic mass is 10.1. The van der Waals surface area contributed by atoms with Crippen LogP contribution in [0.2, 0.25) is 0 Å². The van der Waals surface area contributed by atoms with Crippen molar-refractivity contribution in [3.8, 4) is 0 Å². The Morgan fingerprint density at radius 2 is 2.00 bits per heavy atom. The van der Waals surface area contributed by atoms with Crippen molar-refractivity contribution in [3.63, 3.8) is 0 Å². The first-order chi connectivity index (χ1) is 10.7. The second kappa shape index (κ2) is 9.67. The fourth-order valence-corrected chi connectivity index (χ4v) is 2.41. The van der Waals surface area contributed by atoms with Gasteiger partial charge in [-0.2, -0.15) is 0 Å². The number of benzene rings is 1. The van der Waals surface area contributed by atoms with E-state index >= 15 is 0 Å². The third kappa shape index (κ3) is 6.15. The van der Waals surface area contributed by atoms with Crippen LogP contribution in [0, 0.1) is 5.92 Å². The van der Waals surface area contributed by atoms with Crippen LogP contribution in [0.3, 0.4) is 0 Å². The van der Waals surface area contributed by atoms with Crippen LogP contribution in [-0.4, -0.2) is 28.0 Å². The van der Waals surface area contributed by atoms with Crippen LogP contribution >= 0.6 is 24.8 Å². The molecule has 7 heteroatoms. The predicted octanol–water partition coefficient (Wildman–Crippen LogP) is 2.17. The van der Waals surface area contributed by atoms with Gasteiger partial charge in [0.2, 0.25) is 5.91 Å². The Morgan fingerprint density at radius 1 is 1.29 bits per heavy atom. The molecule has 3 N–H and O–H groups in total. The lowest BCUT2D eigenvalue weighted by molar-refractivity contribution is -0.122. The van der Waals surface area contributed by atoms with Crippen LogP contribution in [0.4, 0.5) is 0 Å². The molecule has 1 heterocycles. The maximum Gasteiger partial charge on any atom is 0.237 e. The molecule has 24 heavy (non-hydrogen) atoms. The van der Waals surface area contributed by atoms with E-state index in [4.69, 9.17) is 5.73 Å². The summed E-state index contributed by atoms with van der Waals surface area (Å²) in [5.41, 5.74) is 8.03. The standard InChI is InChI=1S/C17H22N4O.2ClH/c18-16(17(22)19-9-13-6-7-13)8-15-11-21(12-20-15)10-14-4-2-1-3-5-14;;/h1-5,11-13,16H,6-10,18H2,(H,19,22);2*1H/t16-;;/m0../s1. The van der Waals surface area contributed by atoms with Gasteiger partial charge in [-0.25, -0.2) is 4.98 Å². The van der Waals surface area contributed by atoms with Crippen molar-refractivity contribution < 1.29 is 4.79 Å². The number of nitrogens with one attached hydrogen (secondary N) is 1. The third-order valence-corrected chi connectivity index (χ3v) is 3.92. The molecular weight excluding hydrogens is 347 g/mol. The second-order valence-corrected chi connectivity index (χ2v) is 6.02.